The number of nitrogens with zero attached hydrogens (tertiary/aromatic N) is 1. The largest absolute Gasteiger partial charge is 0.493 e. The zero-order valence-corrected chi connectivity index (χ0v) is 12.8. The molecular weight excluding hydrogens is 292 g/mol. The summed E-state index contributed by atoms with van der Waals surface area (Å²) in [7, 11) is 1.31. The molecule has 1 aromatic carbocycles. The second kappa shape index (κ2) is 7.03. The number of ether oxygens (including phenoxy) is 2. The molecule has 4 nitrogen and oxygen atoms in total. The minimum absolute atomic E-state index is 0.0922. The van der Waals surface area contributed by atoms with Crippen LogP contribution in [0.1, 0.15) is 26.3 Å². The number of methoxy groups -OCH3 is 1. The van der Waals surface area contributed by atoms with Gasteiger partial charge in [-0.15, -0.1) is 0 Å². The molecule has 0 fully saturated rings. The normalized spacial score (nSPS) is 12.0. The Balaban J connectivity index is 3.39. The maximum absolute atomic E-state index is 12.6. The number of hydrogen-bond donors (Lipinski definition) is 0. The van der Waals surface area contributed by atoms with Gasteiger partial charge in [0.15, 0.2) is 17.3 Å². The van der Waals surface area contributed by atoms with E-state index in [2.05, 4.69) is 4.74 Å². The third kappa shape index (κ3) is 4.29. The van der Waals surface area contributed by atoms with Crippen LogP contribution in [-0.2, 0) is 4.79 Å². The summed E-state index contributed by atoms with van der Waals surface area (Å²) < 4.78 is 34.5. The minimum Gasteiger partial charge on any atom is -0.493 e. The highest BCUT2D eigenvalue weighted by atomic mass is 19.3. The van der Waals surface area contributed by atoms with Gasteiger partial charge < -0.3 is 9.47 Å². The maximum Gasteiger partial charge on any atom is 0.387 e. The van der Waals surface area contributed by atoms with Crippen molar-refractivity contribution < 1.29 is 23.0 Å². The number of Topliss-reactive ketones (excluding diaryl/α,β-unsaturated/α-hetero) is 1. The average Bonchev–Trinajstić information content (AvgIpc) is 2.43. The molecule has 0 heterocycles. The first-order valence-corrected chi connectivity index (χ1v) is 6.49. The van der Waals surface area contributed by atoms with Crippen molar-refractivity contribution in [2.75, 3.05) is 7.11 Å². The van der Waals surface area contributed by atoms with Gasteiger partial charge in [-0.3, -0.25) is 4.79 Å². The van der Waals surface area contributed by atoms with E-state index in [1.54, 1.807) is 32.9 Å². The summed E-state index contributed by atoms with van der Waals surface area (Å²) in [5.74, 6) is -0.509. The molecule has 1 aromatic rings. The molecule has 22 heavy (non-hydrogen) atoms. The van der Waals surface area contributed by atoms with Crippen LogP contribution in [0.25, 0.3) is 6.08 Å². The number of nitriles is 1. The third-order valence-electron chi connectivity index (χ3n) is 2.78. The zero-order chi connectivity index (χ0) is 16.9. The molecule has 6 heteroatoms. The van der Waals surface area contributed by atoms with Crippen LogP contribution in [0.15, 0.2) is 23.8 Å². The van der Waals surface area contributed by atoms with Gasteiger partial charge >= 0.3 is 6.61 Å². The topological polar surface area (TPSA) is 59.3 Å². The van der Waals surface area contributed by atoms with Crippen LogP contribution in [0, 0.1) is 16.7 Å². The second-order valence-corrected chi connectivity index (χ2v) is 5.51. The van der Waals surface area contributed by atoms with E-state index in [-0.39, 0.29) is 28.4 Å². The van der Waals surface area contributed by atoms with Crippen molar-refractivity contribution in [1.82, 2.24) is 0 Å². The summed E-state index contributed by atoms with van der Waals surface area (Å²) in [6, 6.07) is 6.27. The Labute approximate surface area is 128 Å². The SMILES string of the molecule is COc1cccc(/C=C(\C#N)C(=O)C(C)(C)C)c1OC(F)F. The molecule has 1 rings (SSSR count). The van der Waals surface area contributed by atoms with Crippen molar-refractivity contribution in [1.29, 1.82) is 5.26 Å². The summed E-state index contributed by atoms with van der Waals surface area (Å²) in [4.78, 5) is 12.2. The van der Waals surface area contributed by atoms with Crippen LogP contribution in [0.5, 0.6) is 11.5 Å². The highest BCUT2D eigenvalue weighted by Crippen LogP contribution is 2.34. The van der Waals surface area contributed by atoms with Crippen LogP contribution in [0.4, 0.5) is 8.78 Å². The van der Waals surface area contributed by atoms with Crippen molar-refractivity contribution in [2.45, 2.75) is 27.4 Å². The first-order chi connectivity index (χ1) is 10.2. The lowest BCUT2D eigenvalue weighted by atomic mass is 9.86. The van der Waals surface area contributed by atoms with Crippen molar-refractivity contribution in [3.8, 4) is 17.6 Å². The number of rotatable bonds is 5. The van der Waals surface area contributed by atoms with E-state index in [0.29, 0.717) is 0 Å². The van der Waals surface area contributed by atoms with Gasteiger partial charge in [-0.2, -0.15) is 14.0 Å². The fourth-order valence-electron chi connectivity index (χ4n) is 1.73. The van der Waals surface area contributed by atoms with E-state index >= 15 is 0 Å². The van der Waals surface area contributed by atoms with Crippen molar-refractivity contribution in [2.24, 2.45) is 5.41 Å². The van der Waals surface area contributed by atoms with Gasteiger partial charge in [-0.25, -0.2) is 0 Å². The minimum atomic E-state index is -3.05. The molecule has 0 atom stereocenters. The summed E-state index contributed by atoms with van der Waals surface area (Å²) in [6.07, 6.45) is 1.23. The number of carbonyl (C=O) groups is 1. The van der Waals surface area contributed by atoms with Crippen LogP contribution in [-0.4, -0.2) is 19.5 Å². The number of benzene rings is 1. The smallest absolute Gasteiger partial charge is 0.387 e. The Bertz CT molecular complexity index is 625. The van der Waals surface area contributed by atoms with Crippen LogP contribution < -0.4 is 9.47 Å². The Morgan fingerprint density at radius 2 is 2.00 bits per heavy atom. The number of allylic oxidation sites excluding steroid dienone is 1. The van der Waals surface area contributed by atoms with E-state index in [4.69, 9.17) is 10.00 Å². The molecule has 0 aromatic heterocycles. The number of carbonyl (C=O) groups excluding carboxylic acids is 1. The Morgan fingerprint density at radius 3 is 2.45 bits per heavy atom. The van der Waals surface area contributed by atoms with Gasteiger partial charge in [0.1, 0.15) is 6.07 Å². The Kier molecular flexibility index (Phi) is 5.63. The molecule has 0 saturated heterocycles. The number of alkyl halides is 2. The van der Waals surface area contributed by atoms with Gasteiger partial charge in [0.05, 0.1) is 12.7 Å². The lowest BCUT2D eigenvalue weighted by molar-refractivity contribution is -0.121. The first-order valence-electron chi connectivity index (χ1n) is 6.49. The highest BCUT2D eigenvalue weighted by molar-refractivity contribution is 6.06. The molecular formula is C16H17F2NO3. The van der Waals surface area contributed by atoms with Crippen molar-refractivity contribution in [3.05, 3.63) is 29.3 Å². The highest BCUT2D eigenvalue weighted by Gasteiger charge is 2.25. The van der Waals surface area contributed by atoms with Gasteiger partial charge in [0.2, 0.25) is 0 Å². The summed E-state index contributed by atoms with van der Waals surface area (Å²) in [5, 5.41) is 9.16. The summed E-state index contributed by atoms with van der Waals surface area (Å²) in [6.45, 7) is 1.96. The number of hydrogen-bond acceptors (Lipinski definition) is 4. The van der Waals surface area contributed by atoms with Gasteiger partial charge in [0, 0.05) is 11.0 Å². The molecule has 0 aliphatic carbocycles. The molecule has 0 unspecified atom stereocenters. The molecule has 0 aliphatic heterocycles. The standard InChI is InChI=1S/C16H17F2NO3/c1-16(2,3)14(20)11(9-19)8-10-6-5-7-12(21-4)13(10)22-15(17)18/h5-8,15H,1-4H3/b11-8+. The summed E-state index contributed by atoms with van der Waals surface area (Å²) in [5.41, 5.74) is -0.724. The Hall–Kier alpha value is -2.42. The molecule has 0 N–H and O–H groups in total. The maximum atomic E-state index is 12.6. The van der Waals surface area contributed by atoms with Crippen LogP contribution in [0.3, 0.4) is 0 Å². The molecule has 0 saturated carbocycles. The lowest BCUT2D eigenvalue weighted by Gasteiger charge is -2.16. The molecule has 0 bridgehead atoms. The van der Waals surface area contributed by atoms with Gasteiger partial charge in [0.25, 0.3) is 0 Å². The number of para-hydroxylation sites is 1. The number of ketones is 1. The quantitative estimate of drug-likeness (QED) is 0.613. The van der Waals surface area contributed by atoms with E-state index in [1.807, 2.05) is 0 Å². The molecule has 0 aliphatic rings. The monoisotopic (exact) mass is 309 g/mol. The molecule has 0 amide bonds. The van der Waals surface area contributed by atoms with Gasteiger partial charge in [-0.1, -0.05) is 32.9 Å². The van der Waals surface area contributed by atoms with Crippen LogP contribution in [0.2, 0.25) is 0 Å². The third-order valence-corrected chi connectivity index (χ3v) is 2.78. The van der Waals surface area contributed by atoms with E-state index < -0.39 is 12.0 Å². The zero-order valence-electron chi connectivity index (χ0n) is 12.8. The van der Waals surface area contributed by atoms with Crippen molar-refractivity contribution in [3.63, 3.8) is 0 Å². The molecule has 118 valence electrons. The van der Waals surface area contributed by atoms with Crippen LogP contribution >= 0.6 is 0 Å². The van der Waals surface area contributed by atoms with E-state index in [1.165, 1.54) is 25.3 Å². The molecule has 0 spiro atoms. The van der Waals surface area contributed by atoms with E-state index in [9.17, 15) is 13.6 Å². The first kappa shape index (κ1) is 17.6. The predicted molar refractivity (Wildman–Crippen MR) is 77.7 cm³/mol. The van der Waals surface area contributed by atoms with Crippen molar-refractivity contribution >= 4 is 11.9 Å². The average molecular weight is 309 g/mol. The lowest BCUT2D eigenvalue weighted by Crippen LogP contribution is -2.21. The fourth-order valence-corrected chi connectivity index (χ4v) is 1.73. The van der Waals surface area contributed by atoms with Gasteiger partial charge in [-0.05, 0) is 12.1 Å². The second-order valence-electron chi connectivity index (χ2n) is 5.51. The molecule has 0 radical (unpaired) electrons. The predicted octanol–water partition coefficient (Wildman–Crippen LogP) is 3.82. The van der Waals surface area contributed by atoms with E-state index in [0.717, 1.165) is 0 Å². The summed E-state index contributed by atoms with van der Waals surface area (Å²) >= 11 is 0. The fraction of sp³-hybridized carbons (Fsp3) is 0.375. The Morgan fingerprint density at radius 1 is 1.36 bits per heavy atom. The number of halogens is 2.